The minimum Gasteiger partial charge on any atom is -0.408 e. The first-order valence-corrected chi connectivity index (χ1v) is 7.94. The van der Waals surface area contributed by atoms with Crippen molar-refractivity contribution in [1.29, 1.82) is 0 Å². The lowest BCUT2D eigenvalue weighted by molar-refractivity contribution is -0.121. The zero-order valence-corrected chi connectivity index (χ0v) is 13.8. The lowest BCUT2D eigenvalue weighted by Gasteiger charge is -2.03. The van der Waals surface area contributed by atoms with Crippen molar-refractivity contribution in [1.82, 2.24) is 15.0 Å². The van der Waals surface area contributed by atoms with Crippen LogP contribution in [-0.2, 0) is 24.3 Å². The Balaban J connectivity index is 1.66. The SMILES string of the molecule is CCCc1cc(CNC(=O)Cn2c(=O)oc3cc(Cl)ccc32)on1. The summed E-state index contributed by atoms with van der Waals surface area (Å²) in [5.74, 6) is -0.363. The fourth-order valence-electron chi connectivity index (χ4n) is 2.39. The normalized spacial score (nSPS) is 11.1. The highest BCUT2D eigenvalue weighted by Crippen LogP contribution is 2.18. The zero-order valence-electron chi connectivity index (χ0n) is 13.0. The van der Waals surface area contributed by atoms with Crippen molar-refractivity contribution in [3.05, 3.63) is 51.3 Å². The van der Waals surface area contributed by atoms with Crippen LogP contribution < -0.4 is 11.1 Å². The number of aromatic nitrogens is 2. The minimum absolute atomic E-state index is 0.149. The second-order valence-electron chi connectivity index (χ2n) is 5.38. The van der Waals surface area contributed by atoms with Gasteiger partial charge < -0.3 is 14.3 Å². The predicted octanol–water partition coefficient (Wildman–Crippen LogP) is 2.50. The average Bonchev–Trinajstić information content (AvgIpc) is 3.10. The number of hydrogen-bond donors (Lipinski definition) is 1. The highest BCUT2D eigenvalue weighted by molar-refractivity contribution is 6.31. The van der Waals surface area contributed by atoms with Gasteiger partial charge >= 0.3 is 5.76 Å². The molecule has 0 atom stereocenters. The molecule has 1 N–H and O–H groups in total. The Hall–Kier alpha value is -2.54. The molecule has 24 heavy (non-hydrogen) atoms. The van der Waals surface area contributed by atoms with E-state index in [0.717, 1.165) is 18.5 Å². The monoisotopic (exact) mass is 349 g/mol. The molecule has 0 spiro atoms. The van der Waals surface area contributed by atoms with Crippen LogP contribution in [-0.4, -0.2) is 15.6 Å². The van der Waals surface area contributed by atoms with E-state index in [9.17, 15) is 9.59 Å². The molecule has 2 heterocycles. The maximum Gasteiger partial charge on any atom is 0.420 e. The van der Waals surface area contributed by atoms with E-state index in [1.807, 2.05) is 6.07 Å². The van der Waals surface area contributed by atoms with Gasteiger partial charge in [-0.2, -0.15) is 0 Å². The van der Waals surface area contributed by atoms with Crippen molar-refractivity contribution in [2.45, 2.75) is 32.9 Å². The molecule has 0 saturated heterocycles. The Bertz CT molecular complexity index is 925. The van der Waals surface area contributed by atoms with E-state index >= 15 is 0 Å². The van der Waals surface area contributed by atoms with Crippen molar-refractivity contribution in [2.75, 3.05) is 0 Å². The summed E-state index contributed by atoms with van der Waals surface area (Å²) in [4.78, 5) is 24.0. The van der Waals surface area contributed by atoms with Gasteiger partial charge in [0.1, 0.15) is 6.54 Å². The van der Waals surface area contributed by atoms with E-state index in [-0.39, 0.29) is 19.0 Å². The van der Waals surface area contributed by atoms with Gasteiger partial charge in [-0.15, -0.1) is 0 Å². The number of oxazole rings is 1. The number of carbonyl (C=O) groups excluding carboxylic acids is 1. The lowest BCUT2D eigenvalue weighted by atomic mass is 10.2. The summed E-state index contributed by atoms with van der Waals surface area (Å²) >= 11 is 5.86. The van der Waals surface area contributed by atoms with Gasteiger partial charge in [0.25, 0.3) is 0 Å². The van der Waals surface area contributed by atoms with E-state index in [2.05, 4.69) is 17.4 Å². The average molecular weight is 350 g/mol. The molecule has 7 nitrogen and oxygen atoms in total. The molecule has 1 amide bonds. The molecule has 0 aliphatic rings. The maximum absolute atomic E-state index is 12.1. The largest absolute Gasteiger partial charge is 0.420 e. The summed E-state index contributed by atoms with van der Waals surface area (Å²) in [5.41, 5.74) is 1.72. The van der Waals surface area contributed by atoms with E-state index in [1.54, 1.807) is 12.1 Å². The molecular weight excluding hydrogens is 334 g/mol. The van der Waals surface area contributed by atoms with Crippen molar-refractivity contribution < 1.29 is 13.7 Å². The van der Waals surface area contributed by atoms with Crippen LogP contribution in [0.3, 0.4) is 0 Å². The molecule has 0 radical (unpaired) electrons. The quantitative estimate of drug-likeness (QED) is 0.738. The van der Waals surface area contributed by atoms with Gasteiger partial charge in [0.05, 0.1) is 17.8 Å². The molecule has 1 aromatic carbocycles. The van der Waals surface area contributed by atoms with Crippen LogP contribution in [0.15, 0.2) is 38.0 Å². The molecular formula is C16H16ClN3O4. The Morgan fingerprint density at radius 3 is 3.00 bits per heavy atom. The number of aryl methyl sites for hydroxylation is 1. The summed E-state index contributed by atoms with van der Waals surface area (Å²) in [6.45, 7) is 2.12. The molecule has 2 aromatic heterocycles. The van der Waals surface area contributed by atoms with Crippen LogP contribution in [0, 0.1) is 0 Å². The molecule has 0 aliphatic heterocycles. The van der Waals surface area contributed by atoms with E-state index in [0.29, 0.717) is 21.9 Å². The number of benzene rings is 1. The molecule has 3 aromatic rings. The Morgan fingerprint density at radius 1 is 1.38 bits per heavy atom. The van der Waals surface area contributed by atoms with E-state index in [1.165, 1.54) is 10.6 Å². The van der Waals surface area contributed by atoms with E-state index in [4.69, 9.17) is 20.5 Å². The highest BCUT2D eigenvalue weighted by Gasteiger charge is 2.13. The minimum atomic E-state index is -0.604. The van der Waals surface area contributed by atoms with Crippen LogP contribution in [0.25, 0.3) is 11.1 Å². The fourth-order valence-corrected chi connectivity index (χ4v) is 2.55. The number of nitrogens with one attached hydrogen (secondary N) is 1. The van der Waals surface area contributed by atoms with Gasteiger partial charge in [0.2, 0.25) is 5.91 Å². The summed E-state index contributed by atoms with van der Waals surface area (Å²) in [5, 5.41) is 7.07. The zero-order chi connectivity index (χ0) is 17.1. The Morgan fingerprint density at radius 2 is 2.21 bits per heavy atom. The van der Waals surface area contributed by atoms with Gasteiger partial charge in [-0.3, -0.25) is 9.36 Å². The molecule has 0 fully saturated rings. The molecule has 0 unspecified atom stereocenters. The first-order valence-electron chi connectivity index (χ1n) is 7.57. The number of hydrogen-bond acceptors (Lipinski definition) is 5. The third-order valence-electron chi connectivity index (χ3n) is 3.51. The van der Waals surface area contributed by atoms with Gasteiger partial charge in [-0.25, -0.2) is 4.79 Å². The molecule has 3 rings (SSSR count). The number of nitrogens with zero attached hydrogens (tertiary/aromatic N) is 2. The number of amides is 1. The van der Waals surface area contributed by atoms with Gasteiger partial charge in [0.15, 0.2) is 11.3 Å². The number of fused-ring (bicyclic) bond motifs is 1. The standard InChI is InChI=1S/C16H16ClN3O4/c1-2-3-11-7-12(24-19-11)8-18-15(21)9-20-13-5-4-10(17)6-14(13)23-16(20)22/h4-7H,2-3,8-9H2,1H3,(H,18,21). The van der Waals surface area contributed by atoms with Crippen LogP contribution >= 0.6 is 11.6 Å². The molecule has 0 bridgehead atoms. The summed E-state index contributed by atoms with van der Waals surface area (Å²) in [6, 6.07) is 6.63. The third-order valence-corrected chi connectivity index (χ3v) is 3.74. The van der Waals surface area contributed by atoms with Crippen LogP contribution in [0.1, 0.15) is 24.8 Å². The third kappa shape index (κ3) is 3.51. The molecule has 0 aliphatic carbocycles. The van der Waals surface area contributed by atoms with Crippen molar-refractivity contribution in [3.63, 3.8) is 0 Å². The van der Waals surface area contributed by atoms with Crippen LogP contribution in [0.2, 0.25) is 5.02 Å². The summed E-state index contributed by atoms with van der Waals surface area (Å²) in [6.07, 6.45) is 1.80. The van der Waals surface area contributed by atoms with Gasteiger partial charge in [-0.05, 0) is 18.6 Å². The van der Waals surface area contributed by atoms with Crippen molar-refractivity contribution in [2.24, 2.45) is 0 Å². The molecule has 0 saturated carbocycles. The first kappa shape index (κ1) is 16.3. The summed E-state index contributed by atoms with van der Waals surface area (Å²) in [7, 11) is 0. The number of rotatable bonds is 6. The van der Waals surface area contributed by atoms with Gasteiger partial charge in [-0.1, -0.05) is 30.1 Å². The molecule has 8 heteroatoms. The second kappa shape index (κ2) is 6.92. The number of carbonyl (C=O) groups is 1. The van der Waals surface area contributed by atoms with Crippen molar-refractivity contribution in [3.8, 4) is 0 Å². The van der Waals surface area contributed by atoms with Crippen LogP contribution in [0.4, 0.5) is 0 Å². The fraction of sp³-hybridized carbons (Fsp3) is 0.312. The maximum atomic E-state index is 12.1. The second-order valence-corrected chi connectivity index (χ2v) is 5.81. The smallest absolute Gasteiger partial charge is 0.408 e. The predicted molar refractivity (Wildman–Crippen MR) is 87.8 cm³/mol. The first-order chi connectivity index (χ1) is 11.6. The molecule has 126 valence electrons. The van der Waals surface area contributed by atoms with Crippen LogP contribution in [0.5, 0.6) is 0 Å². The van der Waals surface area contributed by atoms with E-state index < -0.39 is 5.76 Å². The van der Waals surface area contributed by atoms with Gasteiger partial charge in [0, 0.05) is 17.2 Å². The number of halogens is 1. The Labute approximate surface area is 142 Å². The topological polar surface area (TPSA) is 90.3 Å². The van der Waals surface area contributed by atoms with Crippen molar-refractivity contribution >= 4 is 28.6 Å². The Kier molecular flexibility index (Phi) is 4.71. The highest BCUT2D eigenvalue weighted by atomic mass is 35.5. The lowest BCUT2D eigenvalue weighted by Crippen LogP contribution is -2.30. The summed E-state index contributed by atoms with van der Waals surface area (Å²) < 4.78 is 11.5.